The van der Waals surface area contributed by atoms with E-state index in [1.807, 2.05) is 43.3 Å². The highest BCUT2D eigenvalue weighted by molar-refractivity contribution is 7.89. The summed E-state index contributed by atoms with van der Waals surface area (Å²) in [6.45, 7) is 3.91. The summed E-state index contributed by atoms with van der Waals surface area (Å²) in [6.07, 6.45) is 2.36. The molecule has 4 nitrogen and oxygen atoms in total. The van der Waals surface area contributed by atoms with Crippen molar-refractivity contribution in [2.45, 2.75) is 30.8 Å². The lowest BCUT2D eigenvalue weighted by Crippen LogP contribution is -2.42. The van der Waals surface area contributed by atoms with Gasteiger partial charge in [0, 0.05) is 13.1 Å². The molecule has 132 valence electrons. The molecule has 0 fully saturated rings. The molecule has 0 aromatic heterocycles. The standard InChI is InChI=1S/C20H23NO3S/c1-16-8-10-19(11-9-16)25(23,24)21-14-18(12-13-20(2,22)15-21)17-6-4-3-5-7-17/h3-12,22H,13-15H2,1-2H3. The van der Waals surface area contributed by atoms with E-state index in [1.54, 1.807) is 31.2 Å². The zero-order valence-electron chi connectivity index (χ0n) is 14.5. The van der Waals surface area contributed by atoms with E-state index in [4.69, 9.17) is 0 Å². The van der Waals surface area contributed by atoms with Crippen LogP contribution in [0.5, 0.6) is 0 Å². The smallest absolute Gasteiger partial charge is 0.243 e. The van der Waals surface area contributed by atoms with E-state index in [1.165, 1.54) is 4.31 Å². The molecule has 0 spiro atoms. The lowest BCUT2D eigenvalue weighted by atomic mass is 10.0. The van der Waals surface area contributed by atoms with Crippen LogP contribution in [0, 0.1) is 6.92 Å². The van der Waals surface area contributed by atoms with E-state index in [0.717, 1.165) is 16.7 Å². The molecule has 1 aliphatic heterocycles. The van der Waals surface area contributed by atoms with Gasteiger partial charge in [-0.05, 0) is 43.5 Å². The van der Waals surface area contributed by atoms with Crippen LogP contribution in [0.1, 0.15) is 24.5 Å². The third-order valence-corrected chi connectivity index (χ3v) is 6.26. The molecule has 0 bridgehead atoms. The van der Waals surface area contributed by atoms with Gasteiger partial charge in [-0.25, -0.2) is 8.42 Å². The summed E-state index contributed by atoms with van der Waals surface area (Å²) in [6, 6.07) is 16.5. The third-order valence-electron chi connectivity index (χ3n) is 4.46. The van der Waals surface area contributed by atoms with Gasteiger partial charge in [-0.15, -0.1) is 0 Å². The number of hydrogen-bond acceptors (Lipinski definition) is 3. The Balaban J connectivity index is 1.99. The van der Waals surface area contributed by atoms with Gasteiger partial charge in [-0.1, -0.05) is 54.1 Å². The van der Waals surface area contributed by atoms with Crippen LogP contribution in [0.2, 0.25) is 0 Å². The van der Waals surface area contributed by atoms with Gasteiger partial charge in [0.2, 0.25) is 10.0 Å². The second kappa shape index (κ2) is 6.75. The Labute approximate surface area is 149 Å². The summed E-state index contributed by atoms with van der Waals surface area (Å²) in [5, 5.41) is 10.6. The van der Waals surface area contributed by atoms with Crippen LogP contribution in [0.4, 0.5) is 0 Å². The van der Waals surface area contributed by atoms with Crippen molar-refractivity contribution in [2.24, 2.45) is 0 Å². The monoisotopic (exact) mass is 357 g/mol. The molecule has 0 saturated carbocycles. The summed E-state index contributed by atoms with van der Waals surface area (Å²) in [5.74, 6) is 0. The van der Waals surface area contributed by atoms with E-state index in [-0.39, 0.29) is 18.0 Å². The van der Waals surface area contributed by atoms with Crippen molar-refractivity contribution in [3.8, 4) is 0 Å². The van der Waals surface area contributed by atoms with E-state index >= 15 is 0 Å². The molecule has 0 saturated heterocycles. The van der Waals surface area contributed by atoms with Gasteiger partial charge in [-0.3, -0.25) is 0 Å². The van der Waals surface area contributed by atoms with Crippen LogP contribution in [0.25, 0.3) is 5.57 Å². The Morgan fingerprint density at radius 2 is 1.68 bits per heavy atom. The van der Waals surface area contributed by atoms with Crippen LogP contribution < -0.4 is 0 Å². The molecule has 2 aromatic carbocycles. The van der Waals surface area contributed by atoms with Crippen molar-refractivity contribution < 1.29 is 13.5 Å². The van der Waals surface area contributed by atoms with Crippen LogP contribution >= 0.6 is 0 Å². The molecule has 5 heteroatoms. The fraction of sp³-hybridized carbons (Fsp3) is 0.300. The predicted octanol–water partition coefficient (Wildman–Crippen LogP) is 3.22. The van der Waals surface area contributed by atoms with Crippen molar-refractivity contribution in [1.82, 2.24) is 4.31 Å². The van der Waals surface area contributed by atoms with Gasteiger partial charge in [0.15, 0.2) is 0 Å². The molecule has 25 heavy (non-hydrogen) atoms. The molecule has 0 radical (unpaired) electrons. The Bertz CT molecular complexity index is 869. The number of benzene rings is 2. The maximum absolute atomic E-state index is 13.1. The van der Waals surface area contributed by atoms with E-state index < -0.39 is 15.6 Å². The summed E-state index contributed by atoms with van der Waals surface area (Å²) in [5.41, 5.74) is 1.79. The first-order valence-corrected chi connectivity index (χ1v) is 9.76. The van der Waals surface area contributed by atoms with Gasteiger partial charge in [0.05, 0.1) is 10.5 Å². The number of hydrogen-bond donors (Lipinski definition) is 1. The van der Waals surface area contributed by atoms with Crippen LogP contribution in [0.15, 0.2) is 65.6 Å². The van der Waals surface area contributed by atoms with Crippen LogP contribution in [-0.2, 0) is 10.0 Å². The van der Waals surface area contributed by atoms with Gasteiger partial charge in [0.25, 0.3) is 0 Å². The summed E-state index contributed by atoms with van der Waals surface area (Å²) >= 11 is 0. The average molecular weight is 357 g/mol. The number of sulfonamides is 1. The maximum atomic E-state index is 13.1. The number of β-amino-alcohol motifs (C(OH)–C–C–N with tert-alkyl or cyclic N) is 1. The number of aliphatic hydroxyl groups is 1. The minimum absolute atomic E-state index is 0.0655. The summed E-state index contributed by atoms with van der Waals surface area (Å²) in [7, 11) is -3.68. The fourth-order valence-electron chi connectivity index (χ4n) is 2.99. The third kappa shape index (κ3) is 4.00. The second-order valence-electron chi connectivity index (χ2n) is 6.88. The summed E-state index contributed by atoms with van der Waals surface area (Å²) < 4.78 is 27.6. The molecule has 0 aliphatic carbocycles. The van der Waals surface area contributed by atoms with Crippen molar-refractivity contribution in [3.05, 3.63) is 71.8 Å². The molecular formula is C20H23NO3S. The molecule has 1 heterocycles. The Hall–Kier alpha value is -1.95. The molecule has 2 aromatic rings. The maximum Gasteiger partial charge on any atom is 0.243 e. The first-order chi connectivity index (χ1) is 11.8. The van der Waals surface area contributed by atoms with Crippen LogP contribution in [-0.4, -0.2) is 36.5 Å². The van der Waals surface area contributed by atoms with Gasteiger partial charge in [0.1, 0.15) is 0 Å². The quantitative estimate of drug-likeness (QED) is 0.917. The van der Waals surface area contributed by atoms with E-state index in [0.29, 0.717) is 6.42 Å². The normalized spacial score (nSPS) is 22.3. The van der Waals surface area contributed by atoms with Crippen molar-refractivity contribution >= 4 is 15.6 Å². The fourth-order valence-corrected chi connectivity index (χ4v) is 4.52. The minimum atomic E-state index is -3.68. The Kier molecular flexibility index (Phi) is 4.82. The second-order valence-corrected chi connectivity index (χ2v) is 8.82. The average Bonchev–Trinajstić information content (AvgIpc) is 2.75. The number of nitrogens with zero attached hydrogens (tertiary/aromatic N) is 1. The van der Waals surface area contributed by atoms with Crippen LogP contribution in [0.3, 0.4) is 0 Å². The Morgan fingerprint density at radius 1 is 1.04 bits per heavy atom. The van der Waals surface area contributed by atoms with Crippen molar-refractivity contribution in [3.63, 3.8) is 0 Å². The first kappa shape index (κ1) is 17.9. The van der Waals surface area contributed by atoms with Crippen molar-refractivity contribution in [1.29, 1.82) is 0 Å². The Morgan fingerprint density at radius 3 is 2.32 bits per heavy atom. The number of aryl methyl sites for hydroxylation is 1. The summed E-state index contributed by atoms with van der Waals surface area (Å²) in [4.78, 5) is 0.253. The molecule has 1 atom stereocenters. The minimum Gasteiger partial charge on any atom is -0.388 e. The first-order valence-electron chi connectivity index (χ1n) is 8.32. The molecule has 0 amide bonds. The van der Waals surface area contributed by atoms with E-state index in [9.17, 15) is 13.5 Å². The SMILES string of the molecule is Cc1ccc(S(=O)(=O)N2CC(c3ccccc3)=CCC(C)(O)C2)cc1. The molecule has 1 N–H and O–H groups in total. The highest BCUT2D eigenvalue weighted by atomic mass is 32.2. The lowest BCUT2D eigenvalue weighted by molar-refractivity contribution is 0.0483. The zero-order chi connectivity index (χ0) is 18.1. The molecule has 1 aliphatic rings. The van der Waals surface area contributed by atoms with Gasteiger partial charge < -0.3 is 5.11 Å². The molecule has 1 unspecified atom stereocenters. The highest BCUT2D eigenvalue weighted by Crippen LogP contribution is 2.29. The largest absolute Gasteiger partial charge is 0.388 e. The van der Waals surface area contributed by atoms with Gasteiger partial charge in [-0.2, -0.15) is 4.31 Å². The lowest BCUT2D eigenvalue weighted by Gasteiger charge is -2.28. The van der Waals surface area contributed by atoms with Crippen molar-refractivity contribution in [2.75, 3.05) is 13.1 Å². The predicted molar refractivity (Wildman–Crippen MR) is 99.6 cm³/mol. The molecular weight excluding hydrogens is 334 g/mol. The van der Waals surface area contributed by atoms with E-state index in [2.05, 4.69) is 0 Å². The van der Waals surface area contributed by atoms with Gasteiger partial charge >= 0.3 is 0 Å². The molecule has 3 rings (SSSR count). The topological polar surface area (TPSA) is 57.6 Å². The highest BCUT2D eigenvalue weighted by Gasteiger charge is 2.34. The zero-order valence-corrected chi connectivity index (χ0v) is 15.3. The number of rotatable bonds is 3.